The lowest BCUT2D eigenvalue weighted by Gasteiger charge is -2.43. The zero-order valence-electron chi connectivity index (χ0n) is 30.3. The highest BCUT2D eigenvalue weighted by molar-refractivity contribution is 9.09. The Hall–Kier alpha value is -3.81. The smallest absolute Gasteiger partial charge is 0.303 e. The number of aliphatic imine (C=N–C) groups is 1. The first-order valence-electron chi connectivity index (χ1n) is 17.2. The Morgan fingerprint density at radius 3 is 2.15 bits per heavy atom. The summed E-state index contributed by atoms with van der Waals surface area (Å²) in [6.07, 6.45) is -5.33. The predicted molar refractivity (Wildman–Crippen MR) is 202 cm³/mol. The number of aromatic nitrogens is 4. The molecule has 8 atom stereocenters. The van der Waals surface area contributed by atoms with Gasteiger partial charge < -0.3 is 38.9 Å². The minimum Gasteiger partial charge on any atom is -0.456 e. The average Bonchev–Trinajstić information content (AvgIpc) is 3.77. The Kier molecular flexibility index (Phi) is 11.4. The first-order valence-corrected chi connectivity index (χ1v) is 20.1. The number of ether oxygens (including phenoxy) is 3. The van der Waals surface area contributed by atoms with Crippen LogP contribution in [0.3, 0.4) is 0 Å². The summed E-state index contributed by atoms with van der Waals surface area (Å²) in [7, 11) is 0.478. The van der Waals surface area contributed by atoms with E-state index in [1.807, 2.05) is 36.4 Å². The van der Waals surface area contributed by atoms with E-state index in [0.717, 1.165) is 10.4 Å². The minimum atomic E-state index is -3.01. The standard InChI is InChI=1S/C36H45BrN6O9Si/c1-21(45)50-30-26(37)25(18-49-53(36(2,3)4,22-13-9-7-10-14-22)23-15-11-8-12-16-23)52-34(30)43-32(48)27-31(40-35(43)39-19-41(5)6)42(20-38-27)33-29(47)28(46)24(17-44)51-33/h7-16,19-20,24-26,28-30,33-34,44,46-47H,17-18H2,1-6H3/t24-,25-,26+,28-,29-,30-,33-,34-/m1/s1. The zero-order chi connectivity index (χ0) is 38.2. The molecular formula is C36H45BrN6O9Si. The molecule has 0 bridgehead atoms. The van der Waals surface area contributed by atoms with Gasteiger partial charge in [-0.2, -0.15) is 4.98 Å². The van der Waals surface area contributed by atoms with Gasteiger partial charge in [0.2, 0.25) is 5.95 Å². The zero-order valence-corrected chi connectivity index (χ0v) is 32.9. The van der Waals surface area contributed by atoms with Gasteiger partial charge in [0.25, 0.3) is 13.9 Å². The molecule has 2 aliphatic heterocycles. The summed E-state index contributed by atoms with van der Waals surface area (Å²) in [5, 5.41) is 32.6. The summed E-state index contributed by atoms with van der Waals surface area (Å²) in [4.78, 5) is 41.5. The van der Waals surface area contributed by atoms with Gasteiger partial charge in [-0.1, -0.05) is 97.4 Å². The Morgan fingerprint density at radius 2 is 1.62 bits per heavy atom. The second kappa shape index (κ2) is 15.5. The number of aliphatic hydroxyl groups is 3. The summed E-state index contributed by atoms with van der Waals surface area (Å²) in [6, 6.07) is 20.3. The van der Waals surface area contributed by atoms with Gasteiger partial charge in [-0.15, -0.1) is 0 Å². The van der Waals surface area contributed by atoms with Crippen LogP contribution < -0.4 is 15.9 Å². The normalized spacial score (nSPS) is 26.5. The third-order valence-electron chi connectivity index (χ3n) is 9.51. The largest absolute Gasteiger partial charge is 0.456 e. The maximum atomic E-state index is 14.4. The van der Waals surface area contributed by atoms with Crippen LogP contribution in [0.15, 0.2) is 76.8 Å². The van der Waals surface area contributed by atoms with Crippen molar-refractivity contribution in [3.8, 4) is 0 Å². The SMILES string of the molecule is CC(=O)O[C@@H]1[C@@H](Br)[C@@H](CO[Si](c2ccccc2)(c2ccccc2)C(C)(C)C)O[C@H]1n1c(N=CN(C)C)nc2c(ncn2[C@@H]2O[C@H](CO)[C@@H](O)[C@H]2O)c1=O. The van der Waals surface area contributed by atoms with E-state index in [4.69, 9.17) is 18.6 Å². The van der Waals surface area contributed by atoms with Gasteiger partial charge in [-0.05, 0) is 15.4 Å². The van der Waals surface area contributed by atoms with Crippen molar-refractivity contribution in [3.63, 3.8) is 0 Å². The minimum absolute atomic E-state index is 0.0102. The quantitative estimate of drug-likeness (QED) is 0.0655. The molecule has 6 rings (SSSR count). The highest BCUT2D eigenvalue weighted by Gasteiger charge is 2.53. The predicted octanol–water partition coefficient (Wildman–Crippen LogP) is 1.60. The maximum Gasteiger partial charge on any atom is 0.303 e. The molecule has 284 valence electrons. The third kappa shape index (κ3) is 7.24. The number of hydrogen-bond donors (Lipinski definition) is 3. The molecule has 2 saturated heterocycles. The third-order valence-corrected chi connectivity index (χ3v) is 15.6. The van der Waals surface area contributed by atoms with E-state index in [9.17, 15) is 24.9 Å². The van der Waals surface area contributed by atoms with Gasteiger partial charge in [-0.3, -0.25) is 14.2 Å². The van der Waals surface area contributed by atoms with Crippen LogP contribution in [0.25, 0.3) is 11.2 Å². The molecule has 0 amide bonds. The molecule has 53 heavy (non-hydrogen) atoms. The van der Waals surface area contributed by atoms with E-state index in [0.29, 0.717) is 0 Å². The van der Waals surface area contributed by atoms with Crippen molar-refractivity contribution in [2.24, 2.45) is 4.99 Å². The van der Waals surface area contributed by atoms with E-state index in [-0.39, 0.29) is 28.8 Å². The Morgan fingerprint density at radius 1 is 1.02 bits per heavy atom. The lowest BCUT2D eigenvalue weighted by molar-refractivity contribution is -0.152. The molecule has 2 aromatic carbocycles. The monoisotopic (exact) mass is 812 g/mol. The first kappa shape index (κ1) is 38.9. The van der Waals surface area contributed by atoms with Crippen molar-refractivity contribution < 1.29 is 38.8 Å². The van der Waals surface area contributed by atoms with Crippen molar-refractivity contribution in [1.82, 2.24) is 24.0 Å². The molecule has 17 heteroatoms. The molecular weight excluding hydrogens is 768 g/mol. The van der Waals surface area contributed by atoms with Gasteiger partial charge in [0.1, 0.15) is 18.3 Å². The number of rotatable bonds is 11. The summed E-state index contributed by atoms with van der Waals surface area (Å²) in [5.41, 5.74) is -0.771. The molecule has 0 radical (unpaired) electrons. The number of aliphatic hydroxyl groups excluding tert-OH is 3. The van der Waals surface area contributed by atoms with Crippen molar-refractivity contribution in [2.45, 2.75) is 80.5 Å². The number of fused-ring (bicyclic) bond motifs is 1. The van der Waals surface area contributed by atoms with Crippen LogP contribution in [0, 0.1) is 0 Å². The van der Waals surface area contributed by atoms with Gasteiger partial charge in [-0.25, -0.2) is 14.5 Å². The molecule has 0 spiro atoms. The lowest BCUT2D eigenvalue weighted by atomic mass is 10.1. The highest BCUT2D eigenvalue weighted by Crippen LogP contribution is 2.41. The number of esters is 1. The molecule has 0 saturated carbocycles. The van der Waals surface area contributed by atoms with Crippen LogP contribution in [-0.2, 0) is 23.4 Å². The second-order valence-electron chi connectivity index (χ2n) is 14.4. The van der Waals surface area contributed by atoms with Crippen LogP contribution in [0.2, 0.25) is 5.04 Å². The van der Waals surface area contributed by atoms with Crippen LogP contribution >= 0.6 is 15.9 Å². The van der Waals surface area contributed by atoms with E-state index >= 15 is 0 Å². The Balaban J connectivity index is 1.43. The number of benzene rings is 2. The fourth-order valence-corrected chi connectivity index (χ4v) is 12.3. The van der Waals surface area contributed by atoms with Crippen LogP contribution in [0.4, 0.5) is 5.95 Å². The number of nitrogens with zero attached hydrogens (tertiary/aromatic N) is 6. The van der Waals surface area contributed by atoms with E-state index in [1.165, 1.54) is 28.7 Å². The van der Waals surface area contributed by atoms with Gasteiger partial charge in [0, 0.05) is 21.0 Å². The summed E-state index contributed by atoms with van der Waals surface area (Å²) in [6.45, 7) is 7.32. The maximum absolute atomic E-state index is 14.4. The van der Waals surface area contributed by atoms with Crippen molar-refractivity contribution in [2.75, 3.05) is 27.3 Å². The van der Waals surface area contributed by atoms with Crippen LogP contribution in [0.1, 0.15) is 40.2 Å². The average molecular weight is 814 g/mol. The van der Waals surface area contributed by atoms with Crippen molar-refractivity contribution >= 4 is 64.0 Å². The van der Waals surface area contributed by atoms with E-state index in [1.54, 1.807) is 19.0 Å². The summed E-state index contributed by atoms with van der Waals surface area (Å²) in [5.74, 6) is -0.698. The molecule has 3 N–H and O–H groups in total. The number of halogens is 1. The number of alkyl halides is 1. The number of hydrogen-bond acceptors (Lipinski definition) is 12. The van der Waals surface area contributed by atoms with Gasteiger partial charge in [0.05, 0.1) is 36.8 Å². The number of imidazole rings is 1. The molecule has 4 heterocycles. The van der Waals surface area contributed by atoms with Crippen LogP contribution in [0.5, 0.6) is 0 Å². The topological polar surface area (TPSA) is 183 Å². The molecule has 0 aliphatic carbocycles. The van der Waals surface area contributed by atoms with Crippen molar-refractivity contribution in [1.29, 1.82) is 0 Å². The molecule has 4 aromatic rings. The molecule has 2 fully saturated rings. The fourth-order valence-electron chi connectivity index (χ4n) is 7.08. The molecule has 15 nitrogen and oxygen atoms in total. The number of carbonyl (C=O) groups excluding carboxylic acids is 1. The first-order chi connectivity index (χ1) is 25.2. The van der Waals surface area contributed by atoms with Crippen molar-refractivity contribution in [3.05, 3.63) is 77.3 Å². The molecule has 2 aromatic heterocycles. The Bertz CT molecular complexity index is 1950. The van der Waals surface area contributed by atoms with E-state index < -0.39 is 74.3 Å². The summed E-state index contributed by atoms with van der Waals surface area (Å²) >= 11 is 3.75. The summed E-state index contributed by atoms with van der Waals surface area (Å²) < 4.78 is 27.9. The number of carbonyl (C=O) groups is 1. The Labute approximate surface area is 316 Å². The van der Waals surface area contributed by atoms with E-state index in [2.05, 4.69) is 75.9 Å². The molecule has 2 aliphatic rings. The highest BCUT2D eigenvalue weighted by atomic mass is 79.9. The van der Waals surface area contributed by atoms with Gasteiger partial charge in [0.15, 0.2) is 29.7 Å². The second-order valence-corrected chi connectivity index (χ2v) is 19.8. The molecule has 0 unspecified atom stereocenters. The van der Waals surface area contributed by atoms with Crippen LogP contribution in [-0.4, -0.2) is 123 Å². The van der Waals surface area contributed by atoms with Gasteiger partial charge >= 0.3 is 5.97 Å². The fraction of sp³-hybridized carbons (Fsp3) is 0.472. The lowest BCUT2D eigenvalue weighted by Crippen LogP contribution is -2.67.